The zero-order chi connectivity index (χ0) is 24.2. The third-order valence-electron chi connectivity index (χ3n) is 7.53. The molecule has 0 radical (unpaired) electrons. The average Bonchev–Trinajstić information content (AvgIpc) is 3.64. The molecule has 2 aromatic heterocycles. The summed E-state index contributed by atoms with van der Waals surface area (Å²) in [6.07, 6.45) is 3.61. The summed E-state index contributed by atoms with van der Waals surface area (Å²) in [6, 6.07) is 11.0. The molecule has 1 aliphatic heterocycles. The number of rotatable bonds is 4. The van der Waals surface area contributed by atoms with Crippen molar-refractivity contribution in [1.82, 2.24) is 20.1 Å². The van der Waals surface area contributed by atoms with Crippen molar-refractivity contribution in [2.75, 3.05) is 26.3 Å². The highest BCUT2D eigenvalue weighted by Crippen LogP contribution is 2.68. The van der Waals surface area contributed by atoms with Crippen LogP contribution in [-0.4, -0.2) is 52.3 Å². The molecule has 1 saturated carbocycles. The van der Waals surface area contributed by atoms with E-state index in [4.69, 9.17) is 9.72 Å². The number of carbonyl (C=O) groups is 1. The minimum absolute atomic E-state index is 0.120. The first-order chi connectivity index (χ1) is 17.0. The number of ether oxygens (including phenoxy) is 1. The Morgan fingerprint density at radius 1 is 1.09 bits per heavy atom. The van der Waals surface area contributed by atoms with Crippen LogP contribution in [0, 0.1) is 17.0 Å². The molecule has 2 fully saturated rings. The molecule has 0 bridgehead atoms. The monoisotopic (exact) mass is 474 g/mol. The van der Waals surface area contributed by atoms with E-state index in [2.05, 4.69) is 16.8 Å². The summed E-state index contributed by atoms with van der Waals surface area (Å²) in [7, 11) is 0. The number of aromatic nitrogens is 3. The Morgan fingerprint density at radius 3 is 2.57 bits per heavy atom. The van der Waals surface area contributed by atoms with Crippen molar-refractivity contribution >= 4 is 5.91 Å². The summed E-state index contributed by atoms with van der Waals surface area (Å²) in [4.78, 5) is 19.5. The van der Waals surface area contributed by atoms with Crippen LogP contribution in [0.3, 0.4) is 0 Å². The molecule has 3 aliphatic rings. The number of allylic oxidation sites excluding steroid dienone is 1. The molecule has 6 rings (SSSR count). The molecule has 2 unspecified atom stereocenters. The maximum Gasteiger partial charge on any atom is 0.272 e. The average molecular weight is 475 g/mol. The van der Waals surface area contributed by atoms with Crippen LogP contribution in [0.4, 0.5) is 8.78 Å². The number of amides is 1. The number of hydrogen-bond donors (Lipinski definition) is 0. The summed E-state index contributed by atoms with van der Waals surface area (Å²) in [6.45, 7) is 6.19. The zero-order valence-electron chi connectivity index (χ0n) is 19.1. The van der Waals surface area contributed by atoms with Crippen LogP contribution in [0.15, 0.2) is 55.1 Å². The van der Waals surface area contributed by atoms with E-state index in [1.54, 1.807) is 17.0 Å². The number of carbonyl (C=O) groups excluding carboxylic acids is 1. The molecule has 3 aromatic rings. The van der Waals surface area contributed by atoms with Gasteiger partial charge >= 0.3 is 0 Å². The maximum absolute atomic E-state index is 14.5. The molecular weight excluding hydrogens is 450 g/mol. The fourth-order valence-electron chi connectivity index (χ4n) is 5.52. The van der Waals surface area contributed by atoms with Gasteiger partial charge in [-0.25, -0.2) is 13.8 Å². The van der Waals surface area contributed by atoms with Crippen molar-refractivity contribution in [3.8, 4) is 11.3 Å². The largest absolute Gasteiger partial charge is 0.378 e. The van der Waals surface area contributed by atoms with E-state index in [0.717, 1.165) is 29.8 Å². The van der Waals surface area contributed by atoms with E-state index >= 15 is 0 Å². The van der Waals surface area contributed by atoms with Gasteiger partial charge in [0.25, 0.3) is 5.91 Å². The van der Waals surface area contributed by atoms with Gasteiger partial charge in [0.05, 0.1) is 35.9 Å². The molecule has 2 aliphatic carbocycles. The lowest BCUT2D eigenvalue weighted by molar-refractivity contribution is 0.0299. The number of benzene rings is 1. The Kier molecular flexibility index (Phi) is 5.21. The van der Waals surface area contributed by atoms with E-state index in [0.29, 0.717) is 32.0 Å². The highest BCUT2D eigenvalue weighted by Gasteiger charge is 2.58. The van der Waals surface area contributed by atoms with Gasteiger partial charge in [-0.15, -0.1) is 11.7 Å². The van der Waals surface area contributed by atoms with Gasteiger partial charge in [-0.2, -0.15) is 5.10 Å². The second-order valence-electron chi connectivity index (χ2n) is 9.47. The first kappa shape index (κ1) is 22.0. The second-order valence-corrected chi connectivity index (χ2v) is 9.47. The van der Waals surface area contributed by atoms with Gasteiger partial charge in [0.1, 0.15) is 17.3 Å². The lowest BCUT2D eigenvalue weighted by atomic mass is 9.77. The summed E-state index contributed by atoms with van der Waals surface area (Å²) in [5.41, 5.74) is 2.65. The van der Waals surface area contributed by atoms with Crippen LogP contribution < -0.4 is 0 Å². The molecule has 3 heterocycles. The summed E-state index contributed by atoms with van der Waals surface area (Å²) >= 11 is 0. The van der Waals surface area contributed by atoms with Crippen molar-refractivity contribution in [3.05, 3.63) is 89.4 Å². The van der Waals surface area contributed by atoms with Crippen molar-refractivity contribution in [2.45, 2.75) is 24.7 Å². The van der Waals surface area contributed by atoms with Gasteiger partial charge in [0.15, 0.2) is 0 Å². The van der Waals surface area contributed by atoms with E-state index in [1.807, 2.05) is 18.2 Å². The number of nitrogens with zero attached hydrogens (tertiary/aromatic N) is 4. The van der Waals surface area contributed by atoms with Crippen LogP contribution in [-0.2, 0) is 4.74 Å². The zero-order valence-corrected chi connectivity index (χ0v) is 19.1. The van der Waals surface area contributed by atoms with Gasteiger partial charge in [-0.05, 0) is 60.1 Å². The first-order valence-corrected chi connectivity index (χ1v) is 11.8. The van der Waals surface area contributed by atoms with E-state index < -0.39 is 11.6 Å². The van der Waals surface area contributed by atoms with Gasteiger partial charge in [-0.3, -0.25) is 4.79 Å². The quantitative estimate of drug-likeness (QED) is 0.522. The number of morpholine rings is 1. The molecule has 35 heavy (non-hydrogen) atoms. The van der Waals surface area contributed by atoms with E-state index in [9.17, 15) is 13.6 Å². The SMILES string of the molecule is C=CC12CC(c3cccc(C(=O)N4CCOCC4)n3)c3nnc(-c4c(F)cccc4F)cc3[C@@H]1C2. The van der Waals surface area contributed by atoms with Crippen LogP contribution in [0.5, 0.6) is 0 Å². The first-order valence-electron chi connectivity index (χ1n) is 11.8. The molecule has 1 saturated heterocycles. The van der Waals surface area contributed by atoms with Crippen molar-refractivity contribution in [3.63, 3.8) is 0 Å². The molecule has 8 heteroatoms. The number of fused-ring (bicyclic) bond motifs is 3. The molecule has 3 atom stereocenters. The number of halogens is 2. The Labute approximate surface area is 201 Å². The minimum atomic E-state index is -0.673. The van der Waals surface area contributed by atoms with E-state index in [-0.39, 0.29) is 34.4 Å². The normalized spacial score (nSPS) is 24.9. The minimum Gasteiger partial charge on any atom is -0.378 e. The molecule has 0 N–H and O–H groups in total. The van der Waals surface area contributed by atoms with Gasteiger partial charge < -0.3 is 9.64 Å². The third-order valence-corrected chi connectivity index (χ3v) is 7.53. The van der Waals surface area contributed by atoms with Crippen LogP contribution >= 0.6 is 0 Å². The smallest absolute Gasteiger partial charge is 0.272 e. The lowest BCUT2D eigenvalue weighted by Gasteiger charge is -2.29. The Balaban J connectivity index is 1.40. The molecule has 178 valence electrons. The summed E-state index contributed by atoms with van der Waals surface area (Å²) in [5, 5.41) is 8.69. The topological polar surface area (TPSA) is 68.2 Å². The van der Waals surface area contributed by atoms with E-state index in [1.165, 1.54) is 18.2 Å². The van der Waals surface area contributed by atoms with Gasteiger partial charge in [0, 0.05) is 19.0 Å². The third kappa shape index (κ3) is 3.63. The summed E-state index contributed by atoms with van der Waals surface area (Å²) in [5.74, 6) is -1.49. The Hall–Kier alpha value is -3.52. The highest BCUT2D eigenvalue weighted by atomic mass is 19.1. The molecule has 0 spiro atoms. The predicted octanol–water partition coefficient (Wildman–Crippen LogP) is 4.48. The van der Waals surface area contributed by atoms with Crippen molar-refractivity contribution < 1.29 is 18.3 Å². The van der Waals surface area contributed by atoms with Crippen LogP contribution in [0.1, 0.15) is 52.1 Å². The van der Waals surface area contributed by atoms with Crippen molar-refractivity contribution in [2.24, 2.45) is 5.41 Å². The van der Waals surface area contributed by atoms with Gasteiger partial charge in [-0.1, -0.05) is 18.2 Å². The van der Waals surface area contributed by atoms with Crippen LogP contribution in [0.2, 0.25) is 0 Å². The molecule has 1 amide bonds. The fraction of sp³-hybridized carbons (Fsp3) is 0.333. The molecular formula is C27H24F2N4O2. The second kappa shape index (κ2) is 8.30. The highest BCUT2D eigenvalue weighted by molar-refractivity contribution is 5.92. The molecule has 6 nitrogen and oxygen atoms in total. The Morgan fingerprint density at radius 2 is 1.83 bits per heavy atom. The summed E-state index contributed by atoms with van der Waals surface area (Å²) < 4.78 is 34.3. The van der Waals surface area contributed by atoms with Gasteiger partial charge in [0.2, 0.25) is 0 Å². The fourth-order valence-corrected chi connectivity index (χ4v) is 5.52. The lowest BCUT2D eigenvalue weighted by Crippen LogP contribution is -2.41. The number of hydrogen-bond acceptors (Lipinski definition) is 5. The van der Waals surface area contributed by atoms with Crippen molar-refractivity contribution in [1.29, 1.82) is 0 Å². The maximum atomic E-state index is 14.5. The number of pyridine rings is 1. The molecule has 1 aromatic carbocycles. The van der Waals surface area contributed by atoms with Crippen LogP contribution in [0.25, 0.3) is 11.3 Å². The Bertz CT molecular complexity index is 1320. The standard InChI is InChI=1S/C27H24F2N4O2/c1-2-27-14-17(21-7-4-8-22(30-21)26(34)33-9-11-35-12-10-33)25-16(18(27)15-27)13-23(31-32-25)24-19(28)5-3-6-20(24)29/h2-8,13,17-18H,1,9-12,14-15H2/t17?,18-,27?/m0/s1. The predicted molar refractivity (Wildman–Crippen MR) is 125 cm³/mol.